The number of aliphatic hydroxyl groups excluding tert-OH is 1. The van der Waals surface area contributed by atoms with Crippen molar-refractivity contribution >= 4 is 5.96 Å². The lowest BCUT2D eigenvalue weighted by Gasteiger charge is -2.33. The highest BCUT2D eigenvalue weighted by atomic mass is 16.3. The highest BCUT2D eigenvalue weighted by Crippen LogP contribution is 2.16. The molecule has 0 aliphatic carbocycles. The molecule has 0 saturated carbocycles. The fourth-order valence-electron chi connectivity index (χ4n) is 3.08. The zero-order valence-corrected chi connectivity index (χ0v) is 16.0. The Bertz CT molecular complexity index is 538. The van der Waals surface area contributed by atoms with Crippen LogP contribution in [0.5, 0.6) is 0 Å². The number of piperidine rings is 1. The zero-order valence-electron chi connectivity index (χ0n) is 16.0. The molecule has 2 rings (SSSR count). The van der Waals surface area contributed by atoms with Gasteiger partial charge in [-0.15, -0.1) is 0 Å². The molecule has 1 aromatic rings. The summed E-state index contributed by atoms with van der Waals surface area (Å²) in [7, 11) is 0. The predicted molar refractivity (Wildman–Crippen MR) is 105 cm³/mol. The molecule has 140 valence electrons. The molecule has 0 radical (unpaired) electrons. The standard InChI is InChI=1S/C20H34N4O/c1-4-21-20(22-13-16(2)15-25)23-19-9-11-24(12-10-19)14-18-8-6-5-7-17(18)3/h5-8,16,19,25H,4,9-15H2,1-3H3,(H2,21,22,23). The van der Waals surface area contributed by atoms with E-state index >= 15 is 0 Å². The summed E-state index contributed by atoms with van der Waals surface area (Å²) in [6.07, 6.45) is 2.26. The molecule has 0 bridgehead atoms. The third-order valence-electron chi connectivity index (χ3n) is 4.80. The molecule has 1 saturated heterocycles. The van der Waals surface area contributed by atoms with Gasteiger partial charge in [-0.05, 0) is 43.7 Å². The first-order valence-corrected chi connectivity index (χ1v) is 9.55. The number of rotatable bonds is 7. The summed E-state index contributed by atoms with van der Waals surface area (Å²) in [5, 5.41) is 16.0. The lowest BCUT2D eigenvalue weighted by Crippen LogP contribution is -2.48. The highest BCUT2D eigenvalue weighted by molar-refractivity contribution is 5.80. The van der Waals surface area contributed by atoms with E-state index in [1.807, 2.05) is 6.92 Å². The average Bonchev–Trinajstić information content (AvgIpc) is 2.63. The second-order valence-electron chi connectivity index (χ2n) is 7.13. The van der Waals surface area contributed by atoms with Gasteiger partial charge in [0.2, 0.25) is 0 Å². The summed E-state index contributed by atoms with van der Waals surface area (Å²) >= 11 is 0. The molecule has 1 heterocycles. The van der Waals surface area contributed by atoms with Crippen LogP contribution in [0.3, 0.4) is 0 Å². The van der Waals surface area contributed by atoms with Crippen molar-refractivity contribution in [3.63, 3.8) is 0 Å². The number of nitrogens with one attached hydrogen (secondary N) is 2. The Labute approximate surface area is 152 Å². The van der Waals surface area contributed by atoms with E-state index in [1.165, 1.54) is 11.1 Å². The monoisotopic (exact) mass is 346 g/mol. The maximum absolute atomic E-state index is 9.15. The van der Waals surface area contributed by atoms with Crippen LogP contribution in [0.1, 0.15) is 37.8 Å². The fraction of sp³-hybridized carbons (Fsp3) is 0.650. The van der Waals surface area contributed by atoms with Crippen LogP contribution in [0.15, 0.2) is 29.3 Å². The molecule has 0 aromatic heterocycles. The number of aryl methyl sites for hydroxylation is 1. The van der Waals surface area contributed by atoms with Gasteiger partial charge in [-0.2, -0.15) is 0 Å². The number of likely N-dealkylation sites (tertiary alicyclic amines) is 1. The third kappa shape index (κ3) is 6.67. The highest BCUT2D eigenvalue weighted by Gasteiger charge is 2.20. The van der Waals surface area contributed by atoms with Gasteiger partial charge in [-0.25, -0.2) is 0 Å². The SMILES string of the molecule is CCNC(=NCC(C)CO)NC1CCN(Cc2ccccc2C)CC1. The van der Waals surface area contributed by atoms with Crippen LogP contribution in [0.2, 0.25) is 0 Å². The van der Waals surface area contributed by atoms with Gasteiger partial charge in [0, 0.05) is 45.4 Å². The molecule has 1 atom stereocenters. The van der Waals surface area contributed by atoms with Gasteiger partial charge in [-0.1, -0.05) is 31.2 Å². The van der Waals surface area contributed by atoms with Crippen LogP contribution in [-0.4, -0.2) is 54.8 Å². The van der Waals surface area contributed by atoms with Crippen molar-refractivity contribution in [2.24, 2.45) is 10.9 Å². The van der Waals surface area contributed by atoms with Crippen LogP contribution in [-0.2, 0) is 6.54 Å². The third-order valence-corrected chi connectivity index (χ3v) is 4.80. The van der Waals surface area contributed by atoms with Crippen molar-refractivity contribution < 1.29 is 5.11 Å². The lowest BCUT2D eigenvalue weighted by molar-refractivity contribution is 0.198. The molecule has 1 aromatic carbocycles. The molecule has 3 N–H and O–H groups in total. The Balaban J connectivity index is 1.81. The summed E-state index contributed by atoms with van der Waals surface area (Å²) in [6, 6.07) is 9.13. The van der Waals surface area contributed by atoms with Crippen LogP contribution in [0.4, 0.5) is 0 Å². The van der Waals surface area contributed by atoms with Gasteiger partial charge in [0.1, 0.15) is 0 Å². The second kappa shape index (κ2) is 10.4. The smallest absolute Gasteiger partial charge is 0.191 e. The molecule has 1 fully saturated rings. The van der Waals surface area contributed by atoms with Crippen molar-refractivity contribution in [3.8, 4) is 0 Å². The minimum Gasteiger partial charge on any atom is -0.396 e. The Kier molecular flexibility index (Phi) is 8.22. The molecular formula is C20H34N4O. The topological polar surface area (TPSA) is 59.9 Å². The van der Waals surface area contributed by atoms with Crippen LogP contribution in [0.25, 0.3) is 0 Å². The summed E-state index contributed by atoms with van der Waals surface area (Å²) in [6.45, 7) is 11.2. The van der Waals surface area contributed by atoms with E-state index < -0.39 is 0 Å². The van der Waals surface area contributed by atoms with E-state index in [-0.39, 0.29) is 12.5 Å². The summed E-state index contributed by atoms with van der Waals surface area (Å²) < 4.78 is 0. The van der Waals surface area contributed by atoms with E-state index in [0.717, 1.165) is 45.0 Å². The normalized spacial score (nSPS) is 18.2. The summed E-state index contributed by atoms with van der Waals surface area (Å²) in [4.78, 5) is 7.14. The van der Waals surface area contributed by atoms with Crippen molar-refractivity contribution in [2.45, 2.75) is 46.2 Å². The molecule has 5 heteroatoms. The lowest BCUT2D eigenvalue weighted by atomic mass is 10.0. The second-order valence-corrected chi connectivity index (χ2v) is 7.13. The van der Waals surface area contributed by atoms with Crippen LogP contribution < -0.4 is 10.6 Å². The molecule has 25 heavy (non-hydrogen) atoms. The Hall–Kier alpha value is -1.59. The number of nitrogens with zero attached hydrogens (tertiary/aromatic N) is 2. The van der Waals surface area contributed by atoms with Crippen molar-refractivity contribution in [2.75, 3.05) is 32.8 Å². The number of hydrogen-bond acceptors (Lipinski definition) is 3. The van der Waals surface area contributed by atoms with Crippen molar-refractivity contribution in [3.05, 3.63) is 35.4 Å². The molecule has 1 aliphatic rings. The van der Waals surface area contributed by atoms with Crippen LogP contribution in [0, 0.1) is 12.8 Å². The Morgan fingerprint density at radius 3 is 2.68 bits per heavy atom. The Morgan fingerprint density at radius 1 is 1.32 bits per heavy atom. The van der Waals surface area contributed by atoms with Crippen molar-refractivity contribution in [1.29, 1.82) is 0 Å². The predicted octanol–water partition coefficient (Wildman–Crippen LogP) is 2.14. The largest absolute Gasteiger partial charge is 0.396 e. The molecule has 5 nitrogen and oxygen atoms in total. The van der Waals surface area contributed by atoms with E-state index in [9.17, 15) is 0 Å². The van der Waals surface area contributed by atoms with E-state index in [2.05, 4.69) is 58.6 Å². The zero-order chi connectivity index (χ0) is 18.1. The summed E-state index contributed by atoms with van der Waals surface area (Å²) in [5.74, 6) is 1.08. The van der Waals surface area contributed by atoms with E-state index in [0.29, 0.717) is 12.6 Å². The quantitative estimate of drug-likeness (QED) is 0.523. The van der Waals surface area contributed by atoms with Gasteiger partial charge in [0.15, 0.2) is 5.96 Å². The number of aliphatic hydroxyl groups is 1. The number of hydrogen-bond donors (Lipinski definition) is 3. The molecular weight excluding hydrogens is 312 g/mol. The van der Waals surface area contributed by atoms with Gasteiger partial charge in [0.25, 0.3) is 0 Å². The first-order chi connectivity index (χ1) is 12.1. The van der Waals surface area contributed by atoms with Crippen molar-refractivity contribution in [1.82, 2.24) is 15.5 Å². The summed E-state index contributed by atoms with van der Waals surface area (Å²) in [5.41, 5.74) is 2.81. The maximum atomic E-state index is 9.15. The Morgan fingerprint density at radius 2 is 2.04 bits per heavy atom. The molecule has 0 amide bonds. The first kappa shape index (κ1) is 19.7. The van der Waals surface area contributed by atoms with E-state index in [1.54, 1.807) is 0 Å². The fourth-order valence-corrected chi connectivity index (χ4v) is 3.08. The van der Waals surface area contributed by atoms with Gasteiger partial charge in [0.05, 0.1) is 0 Å². The molecule has 0 spiro atoms. The van der Waals surface area contributed by atoms with Gasteiger partial charge < -0.3 is 15.7 Å². The number of aliphatic imine (C=N–C) groups is 1. The number of guanidine groups is 1. The number of benzene rings is 1. The average molecular weight is 347 g/mol. The van der Waals surface area contributed by atoms with E-state index in [4.69, 9.17) is 5.11 Å². The maximum Gasteiger partial charge on any atom is 0.191 e. The van der Waals surface area contributed by atoms with Crippen LogP contribution >= 0.6 is 0 Å². The minimum absolute atomic E-state index is 0.181. The van der Waals surface area contributed by atoms with Gasteiger partial charge >= 0.3 is 0 Å². The molecule has 1 unspecified atom stereocenters. The minimum atomic E-state index is 0.181. The van der Waals surface area contributed by atoms with Gasteiger partial charge in [-0.3, -0.25) is 9.89 Å². The molecule has 1 aliphatic heterocycles. The first-order valence-electron chi connectivity index (χ1n) is 9.55.